The van der Waals surface area contributed by atoms with Gasteiger partial charge in [0, 0.05) is 18.3 Å². The molecule has 1 saturated carbocycles. The van der Waals surface area contributed by atoms with Crippen LogP contribution in [0.1, 0.15) is 19.8 Å². The van der Waals surface area contributed by atoms with Crippen LogP contribution < -0.4 is 0 Å². The van der Waals surface area contributed by atoms with Crippen molar-refractivity contribution in [2.24, 2.45) is 28.8 Å². The Labute approximate surface area is 105 Å². The lowest BCUT2D eigenvalue weighted by atomic mass is 9.63. The van der Waals surface area contributed by atoms with Gasteiger partial charge >= 0.3 is 5.97 Å². The quantitative estimate of drug-likeness (QED) is 0.331. The fourth-order valence-corrected chi connectivity index (χ4v) is 3.06. The molecule has 0 unspecified atom stereocenters. The molecule has 2 rings (SSSR count). The van der Waals surface area contributed by atoms with E-state index in [1.165, 1.54) is 7.11 Å². The molecule has 0 bridgehead atoms. The number of methoxy groups -OCH3 is 1. The predicted molar refractivity (Wildman–Crippen MR) is 64.3 cm³/mol. The number of fused-ring (bicyclic) bond motifs is 1. The maximum atomic E-state index is 12.1. The maximum absolute atomic E-state index is 12.1. The highest BCUT2D eigenvalue weighted by Gasteiger charge is 2.47. The summed E-state index contributed by atoms with van der Waals surface area (Å²) in [6.07, 6.45) is 4.44. The van der Waals surface area contributed by atoms with Crippen LogP contribution in [0, 0.1) is 23.7 Å². The molecule has 0 spiro atoms. The molecule has 0 heterocycles. The van der Waals surface area contributed by atoms with Gasteiger partial charge < -0.3 is 9.94 Å². The number of esters is 1. The molecule has 4 atom stereocenters. The number of Topliss-reactive ketones (excluding diaryl/α,β-unsaturated/α-hetero) is 1. The number of carbonyl (C=O) groups is 2. The molecule has 0 amide bonds. The van der Waals surface area contributed by atoms with Gasteiger partial charge in [-0.2, -0.15) is 0 Å². The number of allylic oxidation sites excluding steroid dienone is 1. The fraction of sp³-hybridized carbons (Fsp3) is 0.615. The highest BCUT2D eigenvalue weighted by Crippen LogP contribution is 2.41. The first kappa shape index (κ1) is 12.8. The van der Waals surface area contributed by atoms with Gasteiger partial charge in [-0.1, -0.05) is 24.2 Å². The van der Waals surface area contributed by atoms with E-state index < -0.39 is 17.8 Å². The molecule has 2 aliphatic rings. The minimum Gasteiger partial charge on any atom is -0.469 e. The fourth-order valence-electron chi connectivity index (χ4n) is 3.06. The van der Waals surface area contributed by atoms with Crippen molar-refractivity contribution in [1.29, 1.82) is 0 Å². The summed E-state index contributed by atoms with van der Waals surface area (Å²) in [5.41, 5.74) is 0.616. The normalized spacial score (nSPS) is 37.4. The summed E-state index contributed by atoms with van der Waals surface area (Å²) in [6, 6.07) is 0. The first-order valence-electron chi connectivity index (χ1n) is 6.09. The molecule has 1 fully saturated rings. The molecule has 18 heavy (non-hydrogen) atoms. The number of nitrogens with zero attached hydrogens (tertiary/aromatic N) is 1. The summed E-state index contributed by atoms with van der Waals surface area (Å²) < 4.78 is 4.75. The van der Waals surface area contributed by atoms with Gasteiger partial charge in [0.1, 0.15) is 5.78 Å². The Morgan fingerprint density at radius 2 is 2.11 bits per heavy atom. The number of hydrogen-bond donors (Lipinski definition) is 1. The zero-order valence-corrected chi connectivity index (χ0v) is 10.5. The van der Waals surface area contributed by atoms with Crippen LogP contribution in [0.4, 0.5) is 0 Å². The van der Waals surface area contributed by atoms with Crippen molar-refractivity contribution < 1.29 is 19.5 Å². The minimum absolute atomic E-state index is 0.0546. The highest BCUT2D eigenvalue weighted by molar-refractivity contribution is 6.01. The summed E-state index contributed by atoms with van der Waals surface area (Å²) in [4.78, 5) is 23.8. The molecule has 0 radical (unpaired) electrons. The Hall–Kier alpha value is -1.65. The summed E-state index contributed by atoms with van der Waals surface area (Å²) in [7, 11) is 1.32. The lowest BCUT2D eigenvalue weighted by molar-refractivity contribution is -0.149. The van der Waals surface area contributed by atoms with Gasteiger partial charge in [-0.15, -0.1) is 0 Å². The largest absolute Gasteiger partial charge is 0.469 e. The Morgan fingerprint density at radius 3 is 2.72 bits per heavy atom. The van der Waals surface area contributed by atoms with E-state index >= 15 is 0 Å². The minimum atomic E-state index is -0.555. The number of ketones is 1. The Morgan fingerprint density at radius 1 is 1.39 bits per heavy atom. The monoisotopic (exact) mass is 251 g/mol. The van der Waals surface area contributed by atoms with Crippen molar-refractivity contribution in [2.75, 3.05) is 7.11 Å². The number of oxime groups is 1. The molecule has 2 aliphatic carbocycles. The summed E-state index contributed by atoms with van der Waals surface area (Å²) in [5, 5.41) is 12.4. The second-order valence-electron chi connectivity index (χ2n) is 4.90. The van der Waals surface area contributed by atoms with E-state index in [2.05, 4.69) is 5.16 Å². The molecular formula is C13H17NO4. The average Bonchev–Trinajstić information content (AvgIpc) is 2.39. The molecular weight excluding hydrogens is 234 g/mol. The van der Waals surface area contributed by atoms with Crippen molar-refractivity contribution in [2.45, 2.75) is 19.8 Å². The number of ether oxygens (including phenoxy) is 1. The second-order valence-corrected chi connectivity index (χ2v) is 4.90. The van der Waals surface area contributed by atoms with Gasteiger partial charge in [0.25, 0.3) is 0 Å². The Balaban J connectivity index is 2.40. The van der Waals surface area contributed by atoms with Gasteiger partial charge in [0.2, 0.25) is 0 Å². The molecule has 0 aliphatic heterocycles. The van der Waals surface area contributed by atoms with Crippen LogP contribution in [0.15, 0.2) is 17.3 Å². The highest BCUT2D eigenvalue weighted by atomic mass is 16.5. The van der Waals surface area contributed by atoms with Crippen LogP contribution in [-0.2, 0) is 14.3 Å². The van der Waals surface area contributed by atoms with Crippen LogP contribution in [0.3, 0.4) is 0 Å². The topological polar surface area (TPSA) is 76.0 Å². The van der Waals surface area contributed by atoms with E-state index in [0.717, 1.165) is 0 Å². The van der Waals surface area contributed by atoms with Gasteiger partial charge in [-0.3, -0.25) is 9.59 Å². The van der Waals surface area contributed by atoms with Crippen molar-refractivity contribution in [3.8, 4) is 0 Å². The van der Waals surface area contributed by atoms with Crippen LogP contribution in [0.5, 0.6) is 0 Å². The number of rotatable bonds is 1. The molecule has 98 valence electrons. The third-order valence-corrected chi connectivity index (χ3v) is 3.95. The zero-order valence-electron chi connectivity index (χ0n) is 10.5. The van der Waals surface area contributed by atoms with Crippen molar-refractivity contribution in [3.05, 3.63) is 12.2 Å². The van der Waals surface area contributed by atoms with E-state index in [-0.39, 0.29) is 17.6 Å². The molecule has 5 heteroatoms. The number of hydrogen-bond acceptors (Lipinski definition) is 5. The standard InChI is InChI=1S/C13H17NO4/c1-7-3-4-8(13(16)18-2)12-10(15)6-5-9(14-17)11(7)12/h3-4,7-8,11-12,17H,5-6H2,1-2H3/t7-,8+,11+,12-/m0/s1. The smallest absolute Gasteiger partial charge is 0.313 e. The predicted octanol–water partition coefficient (Wildman–Crippen LogP) is 1.41. The van der Waals surface area contributed by atoms with Crippen molar-refractivity contribution >= 4 is 17.5 Å². The molecule has 5 nitrogen and oxygen atoms in total. The number of carbonyl (C=O) groups excluding carboxylic acids is 2. The summed E-state index contributed by atoms with van der Waals surface area (Å²) >= 11 is 0. The second kappa shape index (κ2) is 4.92. The summed E-state index contributed by atoms with van der Waals surface area (Å²) in [6.45, 7) is 1.96. The van der Waals surface area contributed by atoms with Gasteiger partial charge in [-0.25, -0.2) is 0 Å². The van der Waals surface area contributed by atoms with Crippen molar-refractivity contribution in [3.63, 3.8) is 0 Å². The first-order chi connectivity index (χ1) is 8.60. The van der Waals surface area contributed by atoms with E-state index in [0.29, 0.717) is 18.6 Å². The van der Waals surface area contributed by atoms with E-state index in [4.69, 9.17) is 9.94 Å². The molecule has 0 saturated heterocycles. The van der Waals surface area contributed by atoms with Crippen LogP contribution >= 0.6 is 0 Å². The van der Waals surface area contributed by atoms with E-state index in [1.54, 1.807) is 6.08 Å². The van der Waals surface area contributed by atoms with Crippen LogP contribution in [0.2, 0.25) is 0 Å². The zero-order chi connectivity index (χ0) is 13.3. The average molecular weight is 251 g/mol. The van der Waals surface area contributed by atoms with E-state index in [9.17, 15) is 9.59 Å². The lowest BCUT2D eigenvalue weighted by Gasteiger charge is -2.39. The van der Waals surface area contributed by atoms with Gasteiger partial charge in [0.05, 0.1) is 18.7 Å². The third-order valence-electron chi connectivity index (χ3n) is 3.95. The van der Waals surface area contributed by atoms with Crippen molar-refractivity contribution in [1.82, 2.24) is 0 Å². The Bertz CT molecular complexity index is 427. The van der Waals surface area contributed by atoms with Gasteiger partial charge in [0.15, 0.2) is 0 Å². The first-order valence-corrected chi connectivity index (χ1v) is 6.09. The Kier molecular flexibility index (Phi) is 3.50. The maximum Gasteiger partial charge on any atom is 0.313 e. The molecule has 0 aromatic rings. The van der Waals surface area contributed by atoms with Crippen LogP contribution in [0.25, 0.3) is 0 Å². The molecule has 0 aromatic carbocycles. The SMILES string of the molecule is COC(=O)[C@@H]1C=C[C@H](C)[C@@H]2C(=NO)CCC(=O)[C@@H]21. The summed E-state index contributed by atoms with van der Waals surface area (Å²) in [5.74, 6) is -1.45. The molecule has 0 aromatic heterocycles. The lowest BCUT2D eigenvalue weighted by Crippen LogP contribution is -2.46. The van der Waals surface area contributed by atoms with Crippen LogP contribution in [-0.4, -0.2) is 29.8 Å². The molecule has 1 N–H and O–H groups in total. The van der Waals surface area contributed by atoms with Gasteiger partial charge in [-0.05, 0) is 12.3 Å². The third kappa shape index (κ3) is 1.94. The van der Waals surface area contributed by atoms with E-state index in [1.807, 2.05) is 13.0 Å².